The quantitative estimate of drug-likeness (QED) is 0.747. The molecule has 0 spiro atoms. The lowest BCUT2D eigenvalue weighted by Gasteiger charge is -2.24. The average Bonchev–Trinajstić information content (AvgIpc) is 2.36. The van der Waals surface area contributed by atoms with Crippen LogP contribution in [0.2, 0.25) is 10.0 Å². The van der Waals surface area contributed by atoms with Gasteiger partial charge in [-0.3, -0.25) is 14.6 Å². The first-order valence-corrected chi connectivity index (χ1v) is 6.86. The van der Waals surface area contributed by atoms with Crippen LogP contribution in [0, 0.1) is 0 Å². The molecule has 1 aliphatic heterocycles. The van der Waals surface area contributed by atoms with E-state index in [0.717, 1.165) is 0 Å². The number of nitrogens with two attached hydrogens (primary N) is 1. The Bertz CT molecular complexity index is 803. The molecule has 2 aromatic rings. The Morgan fingerprint density at radius 2 is 2.05 bits per heavy atom. The molecule has 1 aromatic carbocycles. The Balaban J connectivity index is 2.22. The summed E-state index contributed by atoms with van der Waals surface area (Å²) in [4.78, 5) is 30.4. The maximum Gasteiger partial charge on any atom is 0.258 e. The van der Waals surface area contributed by atoms with Crippen LogP contribution in [0.25, 0.3) is 0 Å². The molecule has 1 amide bonds. The predicted octanol–water partition coefficient (Wildman–Crippen LogP) is 2.13. The first-order valence-electron chi connectivity index (χ1n) is 6.10. The van der Waals surface area contributed by atoms with Gasteiger partial charge in [0.1, 0.15) is 5.82 Å². The predicted molar refractivity (Wildman–Crippen MR) is 80.8 cm³/mol. The number of halogens is 2. The van der Waals surface area contributed by atoms with Crippen LogP contribution in [0.5, 0.6) is 0 Å². The molecular formula is C13H10Cl2N4O2. The number of hydrogen-bond donors (Lipinski definition) is 3. The normalized spacial score (nSPS) is 17.2. The molecule has 21 heavy (non-hydrogen) atoms. The minimum absolute atomic E-state index is 0.0538. The third-order valence-corrected chi connectivity index (χ3v) is 3.87. The lowest BCUT2D eigenvalue weighted by atomic mass is 9.87. The maximum absolute atomic E-state index is 12.2. The van der Waals surface area contributed by atoms with E-state index in [4.69, 9.17) is 28.9 Å². The highest BCUT2D eigenvalue weighted by Crippen LogP contribution is 2.37. The maximum atomic E-state index is 12.2. The zero-order valence-corrected chi connectivity index (χ0v) is 12.1. The number of nitrogen functional groups attached to an aromatic ring is 1. The summed E-state index contributed by atoms with van der Waals surface area (Å²) >= 11 is 12.1. The third-order valence-electron chi connectivity index (χ3n) is 3.31. The Morgan fingerprint density at radius 3 is 2.76 bits per heavy atom. The van der Waals surface area contributed by atoms with Crippen molar-refractivity contribution in [3.8, 4) is 0 Å². The second-order valence-electron chi connectivity index (χ2n) is 4.68. The number of nitrogens with one attached hydrogen (secondary N) is 2. The molecule has 108 valence electrons. The number of anilines is 2. The number of hydrogen-bond acceptors (Lipinski definition) is 4. The van der Waals surface area contributed by atoms with Crippen LogP contribution in [0.4, 0.5) is 11.8 Å². The van der Waals surface area contributed by atoms with E-state index >= 15 is 0 Å². The van der Waals surface area contributed by atoms with E-state index < -0.39 is 11.5 Å². The molecule has 1 unspecified atom stereocenters. The Kier molecular flexibility index (Phi) is 3.35. The molecule has 1 aromatic heterocycles. The van der Waals surface area contributed by atoms with Crippen molar-refractivity contribution in [3.05, 3.63) is 49.7 Å². The summed E-state index contributed by atoms with van der Waals surface area (Å²) in [5.74, 6) is -0.628. The number of carbonyl (C=O) groups excluding carboxylic acids is 1. The Labute approximate surface area is 129 Å². The summed E-state index contributed by atoms with van der Waals surface area (Å²) in [6.07, 6.45) is 0.100. The summed E-state index contributed by atoms with van der Waals surface area (Å²) in [7, 11) is 0. The van der Waals surface area contributed by atoms with Crippen molar-refractivity contribution in [2.75, 3.05) is 11.1 Å². The number of H-pyrrole nitrogens is 1. The standard InChI is InChI=1S/C13H10Cl2N4O2/c14-5-1-2-6(8(15)3-5)7-4-9(20)17-11-10(7)12(21)19-13(16)18-11/h1-3,7H,4H2,(H4,16,17,18,19,20,21). The molecule has 8 heteroatoms. The van der Waals surface area contributed by atoms with Crippen LogP contribution in [-0.4, -0.2) is 15.9 Å². The van der Waals surface area contributed by atoms with Gasteiger partial charge in [0, 0.05) is 22.4 Å². The first-order chi connectivity index (χ1) is 9.95. The van der Waals surface area contributed by atoms with E-state index in [2.05, 4.69) is 15.3 Å². The number of benzene rings is 1. The fourth-order valence-corrected chi connectivity index (χ4v) is 2.98. The van der Waals surface area contributed by atoms with Crippen LogP contribution in [0.1, 0.15) is 23.5 Å². The molecule has 0 saturated heterocycles. The number of rotatable bonds is 1. The van der Waals surface area contributed by atoms with Crippen molar-refractivity contribution in [1.29, 1.82) is 0 Å². The van der Waals surface area contributed by atoms with Gasteiger partial charge >= 0.3 is 0 Å². The smallest absolute Gasteiger partial charge is 0.258 e. The van der Waals surface area contributed by atoms with Crippen molar-refractivity contribution in [2.45, 2.75) is 12.3 Å². The molecule has 0 radical (unpaired) electrons. The molecule has 0 bridgehead atoms. The van der Waals surface area contributed by atoms with Crippen molar-refractivity contribution in [2.24, 2.45) is 0 Å². The molecule has 2 heterocycles. The molecule has 3 rings (SSSR count). The Morgan fingerprint density at radius 1 is 1.29 bits per heavy atom. The first kappa shape index (κ1) is 13.9. The topological polar surface area (TPSA) is 101 Å². The summed E-state index contributed by atoms with van der Waals surface area (Å²) in [6.45, 7) is 0. The zero-order chi connectivity index (χ0) is 15.1. The lowest BCUT2D eigenvalue weighted by Crippen LogP contribution is -2.31. The van der Waals surface area contributed by atoms with Crippen LogP contribution >= 0.6 is 23.2 Å². The van der Waals surface area contributed by atoms with E-state index in [1.165, 1.54) is 0 Å². The number of amides is 1. The molecule has 0 aliphatic carbocycles. The lowest BCUT2D eigenvalue weighted by molar-refractivity contribution is -0.116. The van der Waals surface area contributed by atoms with Gasteiger partial charge in [-0.2, -0.15) is 4.98 Å². The van der Waals surface area contributed by atoms with Crippen molar-refractivity contribution in [1.82, 2.24) is 9.97 Å². The SMILES string of the molecule is Nc1nc2c(c(=O)[nH]1)C(c1ccc(Cl)cc1Cl)CC(=O)N2. The zero-order valence-electron chi connectivity index (χ0n) is 10.6. The fourth-order valence-electron chi connectivity index (χ4n) is 2.44. The van der Waals surface area contributed by atoms with Gasteiger partial charge < -0.3 is 11.1 Å². The van der Waals surface area contributed by atoms with Gasteiger partial charge in [0.15, 0.2) is 0 Å². The molecule has 4 N–H and O–H groups in total. The van der Waals surface area contributed by atoms with E-state index in [0.29, 0.717) is 21.2 Å². The van der Waals surface area contributed by atoms with E-state index in [1.807, 2.05) is 0 Å². The fraction of sp³-hybridized carbons (Fsp3) is 0.154. The summed E-state index contributed by atoms with van der Waals surface area (Å²) in [5, 5.41) is 3.43. The van der Waals surface area contributed by atoms with Gasteiger partial charge in [-0.15, -0.1) is 0 Å². The molecular weight excluding hydrogens is 315 g/mol. The summed E-state index contributed by atoms with van der Waals surface area (Å²) < 4.78 is 0. The van der Waals surface area contributed by atoms with Crippen LogP contribution in [0.15, 0.2) is 23.0 Å². The number of aromatic amines is 1. The molecule has 1 aliphatic rings. The van der Waals surface area contributed by atoms with E-state index in [-0.39, 0.29) is 24.1 Å². The largest absolute Gasteiger partial charge is 0.369 e. The van der Waals surface area contributed by atoms with E-state index in [1.54, 1.807) is 18.2 Å². The van der Waals surface area contributed by atoms with Gasteiger partial charge in [0.05, 0.1) is 5.56 Å². The monoisotopic (exact) mass is 324 g/mol. The van der Waals surface area contributed by atoms with Gasteiger partial charge in [-0.1, -0.05) is 29.3 Å². The van der Waals surface area contributed by atoms with Crippen LogP contribution in [-0.2, 0) is 4.79 Å². The van der Waals surface area contributed by atoms with E-state index in [9.17, 15) is 9.59 Å². The van der Waals surface area contributed by atoms with Crippen LogP contribution in [0.3, 0.4) is 0 Å². The summed E-state index contributed by atoms with van der Waals surface area (Å²) in [6, 6.07) is 4.94. The van der Waals surface area contributed by atoms with Gasteiger partial charge in [0.25, 0.3) is 5.56 Å². The second kappa shape index (κ2) is 5.05. The minimum atomic E-state index is -0.490. The number of aromatic nitrogens is 2. The molecule has 6 nitrogen and oxygen atoms in total. The highest BCUT2D eigenvalue weighted by atomic mass is 35.5. The number of carbonyl (C=O) groups is 1. The highest BCUT2D eigenvalue weighted by Gasteiger charge is 2.31. The van der Waals surface area contributed by atoms with Gasteiger partial charge in [-0.25, -0.2) is 0 Å². The minimum Gasteiger partial charge on any atom is -0.369 e. The Hall–Kier alpha value is -2.05. The van der Waals surface area contributed by atoms with Crippen molar-refractivity contribution >= 4 is 40.9 Å². The van der Waals surface area contributed by atoms with Crippen LogP contribution < -0.4 is 16.6 Å². The average molecular weight is 325 g/mol. The number of fused-ring (bicyclic) bond motifs is 1. The number of nitrogens with zero attached hydrogens (tertiary/aromatic N) is 1. The molecule has 0 saturated carbocycles. The van der Waals surface area contributed by atoms with Gasteiger partial charge in [-0.05, 0) is 17.7 Å². The second-order valence-corrected chi connectivity index (χ2v) is 5.53. The highest BCUT2D eigenvalue weighted by molar-refractivity contribution is 6.35. The summed E-state index contributed by atoms with van der Waals surface area (Å²) in [5.41, 5.74) is 6.09. The third kappa shape index (κ3) is 2.48. The molecule has 1 atom stereocenters. The van der Waals surface area contributed by atoms with Crippen molar-refractivity contribution in [3.63, 3.8) is 0 Å². The van der Waals surface area contributed by atoms with Crippen molar-refractivity contribution < 1.29 is 4.79 Å². The molecule has 0 fully saturated rings. The van der Waals surface area contributed by atoms with Gasteiger partial charge in [0.2, 0.25) is 11.9 Å².